The highest BCUT2D eigenvalue weighted by Gasteiger charge is 2.35. The molecule has 0 aliphatic heterocycles. The normalized spacial score (nSPS) is 14.7. The molecule has 0 aliphatic carbocycles. The number of hydrogen-bond donors (Lipinski definition) is 11. The maximum absolute atomic E-state index is 13.8. The molecule has 0 fully saturated rings. The minimum absolute atomic E-state index is 0.0310. The van der Waals surface area contributed by atoms with E-state index >= 15 is 0 Å². The number of carbonyl (C=O) groups is 9. The molecule has 58 heavy (non-hydrogen) atoms. The molecule has 0 aliphatic rings. The Morgan fingerprint density at radius 3 is 1.62 bits per heavy atom. The van der Waals surface area contributed by atoms with E-state index in [4.69, 9.17) is 16.6 Å². The predicted molar refractivity (Wildman–Crippen MR) is 213 cm³/mol. The van der Waals surface area contributed by atoms with Gasteiger partial charge in [0.1, 0.15) is 42.0 Å². The van der Waals surface area contributed by atoms with E-state index in [1.807, 2.05) is 0 Å². The van der Waals surface area contributed by atoms with Crippen LogP contribution in [0.2, 0.25) is 0 Å². The Hall–Kier alpha value is -5.44. The Kier molecular flexibility index (Phi) is 21.8. The number of nitrogens with two attached hydrogens (primary N) is 2. The van der Waals surface area contributed by atoms with Crippen LogP contribution in [-0.4, -0.2) is 123 Å². The summed E-state index contributed by atoms with van der Waals surface area (Å²) in [5.41, 5.74) is 11.6. The highest BCUT2D eigenvalue weighted by Crippen LogP contribution is 2.14. The molecule has 21 heteroatoms. The molecule has 0 saturated heterocycles. The van der Waals surface area contributed by atoms with Crippen molar-refractivity contribution in [2.75, 3.05) is 12.0 Å². The van der Waals surface area contributed by atoms with Gasteiger partial charge in [0, 0.05) is 12.8 Å². The fourth-order valence-electron chi connectivity index (χ4n) is 5.38. The molecule has 20 nitrogen and oxygen atoms in total. The molecule has 0 heterocycles. The standard InChI is InChI=1S/C37H58N8O12S/c1-18(2)15-25(34(53)41-24(13-14-58-6)33(52)45-30(19(3)4)36(55)44-27(37(56)57)17-29(48)49)43-32(51)23(11-12-28(39)47)40-35(54)26(42-31(50)20(5)38)16-21-7-9-22(46)10-8-21/h7-10,18-20,23-27,30,46H,11-17,38H2,1-6H3,(H2,39,47)(H,40,54)(H,41,53)(H,42,50)(H,43,51)(H,44,55)(H,45,52)(H,48,49)(H,56,57)/t20-,23-,24-,25-,26-,27-,30-/m0/s1. The number of nitrogens with one attached hydrogen (secondary N) is 6. The molecule has 0 bridgehead atoms. The summed E-state index contributed by atoms with van der Waals surface area (Å²) >= 11 is 1.36. The summed E-state index contributed by atoms with van der Waals surface area (Å²) < 4.78 is 0. The number of phenolic OH excluding ortho intramolecular Hbond substituents is 1. The molecule has 324 valence electrons. The van der Waals surface area contributed by atoms with Crippen LogP contribution >= 0.6 is 11.8 Å². The van der Waals surface area contributed by atoms with Crippen LogP contribution in [0.3, 0.4) is 0 Å². The number of phenols is 1. The third kappa shape index (κ3) is 18.7. The molecule has 0 spiro atoms. The van der Waals surface area contributed by atoms with Crippen molar-refractivity contribution in [2.24, 2.45) is 23.3 Å². The molecule has 7 atom stereocenters. The van der Waals surface area contributed by atoms with E-state index in [1.165, 1.54) is 43.0 Å². The number of hydrogen-bond acceptors (Lipinski definition) is 12. The highest BCUT2D eigenvalue weighted by atomic mass is 32.2. The van der Waals surface area contributed by atoms with Gasteiger partial charge in [-0.3, -0.25) is 38.4 Å². The lowest BCUT2D eigenvalue weighted by atomic mass is 10.00. The second-order valence-electron chi connectivity index (χ2n) is 14.5. The SMILES string of the molecule is CSCC[C@H](NC(=O)[C@H](CC(C)C)NC(=O)[C@H](CCC(N)=O)NC(=O)[C@H](Cc1ccc(O)cc1)NC(=O)[C@H](C)N)C(=O)N[C@H](C(=O)N[C@@H](CC(=O)O)C(=O)O)C(C)C. The van der Waals surface area contributed by atoms with Crippen LogP contribution < -0.4 is 43.4 Å². The minimum atomic E-state index is -1.77. The molecular weight excluding hydrogens is 781 g/mol. The summed E-state index contributed by atoms with van der Waals surface area (Å²) in [6.07, 6.45) is 0.256. The molecule has 0 unspecified atom stereocenters. The van der Waals surface area contributed by atoms with Crippen molar-refractivity contribution in [1.82, 2.24) is 31.9 Å². The van der Waals surface area contributed by atoms with E-state index < -0.39 is 108 Å². The number of aliphatic carboxylic acids is 2. The zero-order valence-corrected chi connectivity index (χ0v) is 34.4. The molecular formula is C37H58N8O12S. The number of carbonyl (C=O) groups excluding carboxylic acids is 7. The van der Waals surface area contributed by atoms with Gasteiger partial charge in [-0.05, 0) is 67.7 Å². The third-order valence-electron chi connectivity index (χ3n) is 8.56. The average Bonchev–Trinajstić information content (AvgIpc) is 3.12. The van der Waals surface area contributed by atoms with Crippen LogP contribution in [-0.2, 0) is 49.6 Å². The number of primary amides is 1. The molecule has 0 saturated carbocycles. The Morgan fingerprint density at radius 1 is 0.655 bits per heavy atom. The monoisotopic (exact) mass is 838 g/mol. The maximum Gasteiger partial charge on any atom is 0.326 e. The lowest BCUT2D eigenvalue weighted by Crippen LogP contribution is -2.60. The first kappa shape index (κ1) is 50.6. The molecule has 1 aromatic carbocycles. The molecule has 0 radical (unpaired) electrons. The van der Waals surface area contributed by atoms with E-state index in [2.05, 4.69) is 31.9 Å². The first-order valence-electron chi connectivity index (χ1n) is 18.6. The van der Waals surface area contributed by atoms with Crippen LogP contribution in [0.25, 0.3) is 0 Å². The van der Waals surface area contributed by atoms with Gasteiger partial charge in [0.25, 0.3) is 0 Å². The number of carboxylic acid groups (broad SMARTS) is 2. The molecule has 13 N–H and O–H groups in total. The molecule has 1 aromatic rings. The Balaban J connectivity index is 3.37. The summed E-state index contributed by atoms with van der Waals surface area (Å²) in [4.78, 5) is 115. The summed E-state index contributed by atoms with van der Waals surface area (Å²) in [6, 6.07) is -3.50. The average molecular weight is 839 g/mol. The zero-order chi connectivity index (χ0) is 44.3. The van der Waals surface area contributed by atoms with Gasteiger partial charge in [0.15, 0.2) is 0 Å². The Bertz CT molecular complexity index is 1610. The van der Waals surface area contributed by atoms with Crippen molar-refractivity contribution in [3.63, 3.8) is 0 Å². The topological polar surface area (TPSA) is 339 Å². The Labute approximate surface area is 341 Å². The zero-order valence-electron chi connectivity index (χ0n) is 33.5. The number of carboxylic acids is 2. The summed E-state index contributed by atoms with van der Waals surface area (Å²) in [5, 5.41) is 43.1. The third-order valence-corrected chi connectivity index (χ3v) is 9.20. The van der Waals surface area contributed by atoms with Crippen molar-refractivity contribution >= 4 is 65.1 Å². The fourth-order valence-corrected chi connectivity index (χ4v) is 5.86. The first-order valence-corrected chi connectivity index (χ1v) is 20.0. The van der Waals surface area contributed by atoms with E-state index in [1.54, 1.807) is 34.0 Å². The molecule has 7 amide bonds. The van der Waals surface area contributed by atoms with E-state index in [9.17, 15) is 53.4 Å². The summed E-state index contributed by atoms with van der Waals surface area (Å²) in [6.45, 7) is 8.08. The number of benzene rings is 1. The van der Waals surface area contributed by atoms with Gasteiger partial charge in [-0.15, -0.1) is 0 Å². The van der Waals surface area contributed by atoms with Crippen LogP contribution in [0.4, 0.5) is 0 Å². The van der Waals surface area contributed by atoms with Crippen LogP contribution in [0.15, 0.2) is 24.3 Å². The smallest absolute Gasteiger partial charge is 0.326 e. The van der Waals surface area contributed by atoms with Crippen molar-refractivity contribution in [2.45, 2.75) is 115 Å². The van der Waals surface area contributed by atoms with E-state index in [0.29, 0.717) is 11.3 Å². The van der Waals surface area contributed by atoms with Gasteiger partial charge in [-0.25, -0.2) is 4.79 Å². The number of aromatic hydroxyl groups is 1. The molecule has 0 aromatic heterocycles. The van der Waals surface area contributed by atoms with E-state index in [-0.39, 0.29) is 43.8 Å². The van der Waals surface area contributed by atoms with Gasteiger partial charge in [-0.1, -0.05) is 39.8 Å². The van der Waals surface area contributed by atoms with Crippen LogP contribution in [0.1, 0.15) is 72.3 Å². The van der Waals surface area contributed by atoms with Gasteiger partial charge in [-0.2, -0.15) is 11.8 Å². The summed E-state index contributed by atoms with van der Waals surface area (Å²) in [7, 11) is 0. The van der Waals surface area contributed by atoms with Gasteiger partial charge >= 0.3 is 11.9 Å². The van der Waals surface area contributed by atoms with E-state index in [0.717, 1.165) is 0 Å². The number of amides is 7. The van der Waals surface area contributed by atoms with Crippen LogP contribution in [0.5, 0.6) is 5.75 Å². The van der Waals surface area contributed by atoms with Crippen molar-refractivity contribution in [3.05, 3.63) is 29.8 Å². The van der Waals surface area contributed by atoms with Crippen LogP contribution in [0, 0.1) is 11.8 Å². The second-order valence-corrected chi connectivity index (χ2v) is 15.5. The second kappa shape index (κ2) is 25.0. The predicted octanol–water partition coefficient (Wildman–Crippen LogP) is -1.53. The largest absolute Gasteiger partial charge is 0.508 e. The lowest BCUT2D eigenvalue weighted by molar-refractivity contribution is -0.147. The highest BCUT2D eigenvalue weighted by molar-refractivity contribution is 7.98. The lowest BCUT2D eigenvalue weighted by Gasteiger charge is -2.29. The summed E-state index contributed by atoms with van der Waals surface area (Å²) in [5.74, 6) is -9.25. The molecule has 1 rings (SSSR count). The van der Waals surface area contributed by atoms with Gasteiger partial charge < -0.3 is 58.7 Å². The number of rotatable bonds is 26. The minimum Gasteiger partial charge on any atom is -0.508 e. The maximum atomic E-state index is 13.8. The van der Waals surface area contributed by atoms with Crippen molar-refractivity contribution in [1.29, 1.82) is 0 Å². The first-order chi connectivity index (χ1) is 27.0. The van der Waals surface area contributed by atoms with Crippen molar-refractivity contribution in [3.8, 4) is 5.75 Å². The Morgan fingerprint density at radius 2 is 1.14 bits per heavy atom. The van der Waals surface area contributed by atoms with Crippen molar-refractivity contribution < 1.29 is 58.5 Å². The quantitative estimate of drug-likeness (QED) is 0.0505. The fraction of sp³-hybridized carbons (Fsp3) is 0.595. The number of thioether (sulfide) groups is 1. The van der Waals surface area contributed by atoms with Gasteiger partial charge in [0.2, 0.25) is 41.4 Å². The van der Waals surface area contributed by atoms with Gasteiger partial charge in [0.05, 0.1) is 12.5 Å².